The minimum atomic E-state index is 0.322. The van der Waals surface area contributed by atoms with Crippen LogP contribution in [0.1, 0.15) is 37.0 Å². The SMILES string of the molecule is O=C(CCC1CCCCO1)Cc1cc(Br)cs1. The van der Waals surface area contributed by atoms with Crippen LogP contribution in [0.15, 0.2) is 15.9 Å². The molecule has 1 aromatic heterocycles. The van der Waals surface area contributed by atoms with Crippen LogP contribution in [0.25, 0.3) is 0 Å². The fraction of sp³-hybridized carbons (Fsp3) is 0.615. The quantitative estimate of drug-likeness (QED) is 0.821. The highest BCUT2D eigenvalue weighted by Gasteiger charge is 2.15. The third-order valence-corrected chi connectivity index (χ3v) is 4.71. The molecule has 2 nitrogen and oxygen atoms in total. The van der Waals surface area contributed by atoms with Crippen LogP contribution in [0.5, 0.6) is 0 Å². The van der Waals surface area contributed by atoms with Crippen molar-refractivity contribution in [3.05, 3.63) is 20.8 Å². The molecule has 0 radical (unpaired) electrons. The molecule has 0 N–H and O–H groups in total. The fourth-order valence-electron chi connectivity index (χ4n) is 2.09. The molecule has 1 aliphatic rings. The number of rotatable bonds is 5. The third-order valence-electron chi connectivity index (χ3n) is 3.01. The number of hydrogen-bond acceptors (Lipinski definition) is 3. The van der Waals surface area contributed by atoms with Gasteiger partial charge in [-0.15, -0.1) is 11.3 Å². The summed E-state index contributed by atoms with van der Waals surface area (Å²) in [5.41, 5.74) is 0. The maximum atomic E-state index is 11.8. The largest absolute Gasteiger partial charge is 0.378 e. The lowest BCUT2D eigenvalue weighted by atomic mass is 10.0. The first-order chi connectivity index (χ1) is 8.24. The first kappa shape index (κ1) is 13.2. The molecule has 0 spiro atoms. The number of halogens is 1. The van der Waals surface area contributed by atoms with Gasteiger partial charge in [0.2, 0.25) is 0 Å². The van der Waals surface area contributed by atoms with Gasteiger partial charge in [-0.2, -0.15) is 0 Å². The van der Waals surface area contributed by atoms with Gasteiger partial charge >= 0.3 is 0 Å². The van der Waals surface area contributed by atoms with Crippen molar-refractivity contribution in [1.29, 1.82) is 0 Å². The molecular formula is C13H17BrO2S. The van der Waals surface area contributed by atoms with Crippen LogP contribution in [0.3, 0.4) is 0 Å². The van der Waals surface area contributed by atoms with Crippen molar-refractivity contribution in [3.63, 3.8) is 0 Å². The summed E-state index contributed by atoms with van der Waals surface area (Å²) in [6.45, 7) is 0.872. The number of ketones is 1. The summed E-state index contributed by atoms with van der Waals surface area (Å²) in [4.78, 5) is 12.9. The summed E-state index contributed by atoms with van der Waals surface area (Å²) in [6, 6.07) is 2.03. The Morgan fingerprint density at radius 3 is 3.06 bits per heavy atom. The van der Waals surface area contributed by atoms with Crippen LogP contribution < -0.4 is 0 Å². The molecule has 1 aromatic rings. The van der Waals surface area contributed by atoms with Gasteiger partial charge in [-0.05, 0) is 47.7 Å². The average molecular weight is 317 g/mol. The molecule has 1 fully saturated rings. The van der Waals surface area contributed by atoms with Crippen molar-refractivity contribution in [1.82, 2.24) is 0 Å². The summed E-state index contributed by atoms with van der Waals surface area (Å²) < 4.78 is 6.70. The second-order valence-electron chi connectivity index (χ2n) is 4.47. The number of Topliss-reactive ketones (excluding diaryl/α,β-unsaturated/α-hetero) is 1. The Morgan fingerprint density at radius 1 is 1.53 bits per heavy atom. The van der Waals surface area contributed by atoms with Crippen molar-refractivity contribution in [2.45, 2.75) is 44.6 Å². The summed E-state index contributed by atoms with van der Waals surface area (Å²) in [5.74, 6) is 0.327. The Labute approximate surface area is 114 Å². The van der Waals surface area contributed by atoms with E-state index in [0.717, 1.165) is 28.8 Å². The normalized spacial score (nSPS) is 20.4. The van der Waals surface area contributed by atoms with Crippen LogP contribution >= 0.6 is 27.3 Å². The van der Waals surface area contributed by atoms with Gasteiger partial charge in [0.1, 0.15) is 5.78 Å². The minimum absolute atomic E-state index is 0.322. The smallest absolute Gasteiger partial charge is 0.138 e. The molecular weight excluding hydrogens is 300 g/mol. The van der Waals surface area contributed by atoms with Crippen molar-refractivity contribution in [2.24, 2.45) is 0 Å². The zero-order chi connectivity index (χ0) is 12.1. The first-order valence-corrected chi connectivity index (χ1v) is 7.77. The van der Waals surface area contributed by atoms with Gasteiger partial charge in [-0.1, -0.05) is 0 Å². The van der Waals surface area contributed by atoms with E-state index in [9.17, 15) is 4.79 Å². The third kappa shape index (κ3) is 4.53. The number of thiophene rings is 1. The van der Waals surface area contributed by atoms with Gasteiger partial charge in [-0.3, -0.25) is 4.79 Å². The van der Waals surface area contributed by atoms with E-state index in [1.165, 1.54) is 12.8 Å². The summed E-state index contributed by atoms with van der Waals surface area (Å²) in [5, 5.41) is 2.02. The van der Waals surface area contributed by atoms with Crippen LogP contribution in [0.2, 0.25) is 0 Å². The Hall–Kier alpha value is -0.190. The molecule has 94 valence electrons. The zero-order valence-corrected chi connectivity index (χ0v) is 12.2. The van der Waals surface area contributed by atoms with E-state index >= 15 is 0 Å². The Kier molecular flexibility index (Phi) is 5.19. The second-order valence-corrected chi connectivity index (χ2v) is 6.39. The van der Waals surface area contributed by atoms with Crippen molar-refractivity contribution in [2.75, 3.05) is 6.61 Å². The highest BCUT2D eigenvalue weighted by atomic mass is 79.9. The summed E-state index contributed by atoms with van der Waals surface area (Å²) >= 11 is 5.04. The van der Waals surface area contributed by atoms with E-state index in [1.54, 1.807) is 11.3 Å². The van der Waals surface area contributed by atoms with Gasteiger partial charge in [0, 0.05) is 34.2 Å². The maximum Gasteiger partial charge on any atom is 0.138 e. The molecule has 1 atom stereocenters. The van der Waals surface area contributed by atoms with Gasteiger partial charge in [0.05, 0.1) is 6.10 Å². The Bertz CT molecular complexity index is 369. The van der Waals surface area contributed by atoms with Crippen LogP contribution in [0.4, 0.5) is 0 Å². The molecule has 0 bridgehead atoms. The first-order valence-electron chi connectivity index (χ1n) is 6.10. The lowest BCUT2D eigenvalue weighted by Gasteiger charge is -2.22. The lowest BCUT2D eigenvalue weighted by Crippen LogP contribution is -2.20. The molecule has 1 unspecified atom stereocenters. The highest BCUT2D eigenvalue weighted by Crippen LogP contribution is 2.22. The lowest BCUT2D eigenvalue weighted by molar-refractivity contribution is -0.119. The second kappa shape index (κ2) is 6.66. The van der Waals surface area contributed by atoms with E-state index in [2.05, 4.69) is 15.9 Å². The topological polar surface area (TPSA) is 26.3 Å². The van der Waals surface area contributed by atoms with E-state index in [1.807, 2.05) is 11.4 Å². The van der Waals surface area contributed by atoms with E-state index in [4.69, 9.17) is 4.74 Å². The number of hydrogen-bond donors (Lipinski definition) is 0. The standard InChI is InChI=1S/C13H17BrO2S/c14-10-7-13(17-9-10)8-11(15)4-5-12-3-1-2-6-16-12/h7,9,12H,1-6,8H2. The molecule has 1 saturated heterocycles. The summed E-state index contributed by atoms with van der Waals surface area (Å²) in [6.07, 6.45) is 5.99. The van der Waals surface area contributed by atoms with Crippen LogP contribution in [-0.4, -0.2) is 18.5 Å². The Morgan fingerprint density at radius 2 is 2.41 bits per heavy atom. The molecule has 0 aromatic carbocycles. The van der Waals surface area contributed by atoms with E-state index in [-0.39, 0.29) is 0 Å². The molecule has 1 aliphatic heterocycles. The molecule has 2 heterocycles. The molecule has 2 rings (SSSR count). The van der Waals surface area contributed by atoms with Gasteiger partial charge in [-0.25, -0.2) is 0 Å². The van der Waals surface area contributed by atoms with Gasteiger partial charge in [0.25, 0.3) is 0 Å². The van der Waals surface area contributed by atoms with E-state index < -0.39 is 0 Å². The van der Waals surface area contributed by atoms with Crippen LogP contribution in [-0.2, 0) is 16.0 Å². The molecule has 4 heteroatoms. The monoisotopic (exact) mass is 316 g/mol. The molecule has 17 heavy (non-hydrogen) atoms. The molecule has 0 saturated carbocycles. The van der Waals surface area contributed by atoms with E-state index in [0.29, 0.717) is 24.7 Å². The predicted molar refractivity (Wildman–Crippen MR) is 73.6 cm³/mol. The van der Waals surface area contributed by atoms with Crippen LogP contribution in [0, 0.1) is 0 Å². The van der Waals surface area contributed by atoms with Gasteiger partial charge in [0.15, 0.2) is 0 Å². The minimum Gasteiger partial charge on any atom is -0.378 e. The fourth-order valence-corrected chi connectivity index (χ4v) is 3.57. The average Bonchev–Trinajstić information content (AvgIpc) is 2.73. The number of carbonyl (C=O) groups is 1. The molecule has 0 amide bonds. The van der Waals surface area contributed by atoms with Crippen molar-refractivity contribution >= 4 is 33.0 Å². The zero-order valence-electron chi connectivity index (χ0n) is 9.78. The maximum absolute atomic E-state index is 11.8. The number of carbonyl (C=O) groups excluding carboxylic acids is 1. The number of ether oxygens (including phenoxy) is 1. The Balaban J connectivity index is 1.70. The molecule has 0 aliphatic carbocycles. The predicted octanol–water partition coefficient (Wildman–Crippen LogP) is 3.97. The van der Waals surface area contributed by atoms with Crippen molar-refractivity contribution < 1.29 is 9.53 Å². The van der Waals surface area contributed by atoms with Crippen molar-refractivity contribution in [3.8, 4) is 0 Å². The summed E-state index contributed by atoms with van der Waals surface area (Å²) in [7, 11) is 0. The highest BCUT2D eigenvalue weighted by molar-refractivity contribution is 9.10. The van der Waals surface area contributed by atoms with Gasteiger partial charge < -0.3 is 4.74 Å².